The van der Waals surface area contributed by atoms with Crippen LogP contribution in [0, 0.1) is 0 Å². The van der Waals surface area contributed by atoms with Gasteiger partial charge in [-0.05, 0) is 36.9 Å². The predicted octanol–water partition coefficient (Wildman–Crippen LogP) is 0.688. The Labute approximate surface area is 135 Å². The zero-order valence-corrected chi connectivity index (χ0v) is 13.3. The maximum absolute atomic E-state index is 12.6. The molecule has 23 heavy (non-hydrogen) atoms. The molecule has 0 radical (unpaired) electrons. The lowest BCUT2D eigenvalue weighted by Gasteiger charge is -2.29. The highest BCUT2D eigenvalue weighted by Crippen LogP contribution is 2.22. The SMILES string of the molecule is COC(=O)N1CCc2c(cncc2C(=O)NC2CCCNC2)C1. The van der Waals surface area contributed by atoms with Gasteiger partial charge >= 0.3 is 6.09 Å². The van der Waals surface area contributed by atoms with Gasteiger partial charge in [-0.2, -0.15) is 0 Å². The van der Waals surface area contributed by atoms with E-state index in [4.69, 9.17) is 4.74 Å². The first-order valence-electron chi connectivity index (χ1n) is 7.99. The number of fused-ring (bicyclic) bond motifs is 1. The van der Waals surface area contributed by atoms with Crippen LogP contribution in [0.5, 0.6) is 0 Å². The zero-order valence-electron chi connectivity index (χ0n) is 13.3. The molecule has 1 unspecified atom stereocenters. The summed E-state index contributed by atoms with van der Waals surface area (Å²) in [5, 5.41) is 6.37. The minimum Gasteiger partial charge on any atom is -0.453 e. The van der Waals surface area contributed by atoms with E-state index in [1.807, 2.05) is 0 Å². The molecule has 0 bridgehead atoms. The molecule has 124 valence electrons. The van der Waals surface area contributed by atoms with Crippen LogP contribution in [0.15, 0.2) is 12.4 Å². The van der Waals surface area contributed by atoms with Crippen LogP contribution in [0.4, 0.5) is 4.79 Å². The van der Waals surface area contributed by atoms with E-state index >= 15 is 0 Å². The van der Waals surface area contributed by atoms with Gasteiger partial charge in [0.25, 0.3) is 5.91 Å². The molecule has 7 nitrogen and oxygen atoms in total. The molecule has 0 saturated carbocycles. The molecule has 3 heterocycles. The van der Waals surface area contributed by atoms with Crippen LogP contribution in [0.1, 0.15) is 34.3 Å². The smallest absolute Gasteiger partial charge is 0.409 e. The number of nitrogens with zero attached hydrogens (tertiary/aromatic N) is 2. The number of piperidine rings is 1. The van der Waals surface area contributed by atoms with Crippen LogP contribution in [-0.4, -0.2) is 54.7 Å². The molecular weight excluding hydrogens is 296 g/mol. The average molecular weight is 318 g/mol. The summed E-state index contributed by atoms with van der Waals surface area (Å²) < 4.78 is 4.76. The molecule has 1 atom stereocenters. The van der Waals surface area contributed by atoms with Gasteiger partial charge in [0, 0.05) is 31.5 Å². The van der Waals surface area contributed by atoms with Crippen LogP contribution < -0.4 is 10.6 Å². The number of pyridine rings is 1. The van der Waals surface area contributed by atoms with Crippen molar-refractivity contribution in [3.05, 3.63) is 29.1 Å². The fraction of sp³-hybridized carbons (Fsp3) is 0.562. The van der Waals surface area contributed by atoms with Gasteiger partial charge in [-0.1, -0.05) is 0 Å². The third-order valence-corrected chi connectivity index (χ3v) is 4.45. The zero-order chi connectivity index (χ0) is 16.2. The Morgan fingerprint density at radius 2 is 2.30 bits per heavy atom. The Balaban J connectivity index is 1.74. The summed E-state index contributed by atoms with van der Waals surface area (Å²) in [5.41, 5.74) is 2.52. The highest BCUT2D eigenvalue weighted by molar-refractivity contribution is 5.96. The molecule has 1 fully saturated rings. The third-order valence-electron chi connectivity index (χ3n) is 4.45. The van der Waals surface area contributed by atoms with Gasteiger partial charge in [0.2, 0.25) is 0 Å². The van der Waals surface area contributed by atoms with Gasteiger partial charge in [0.05, 0.1) is 19.2 Å². The van der Waals surface area contributed by atoms with Crippen molar-refractivity contribution in [3.8, 4) is 0 Å². The fourth-order valence-electron chi connectivity index (χ4n) is 3.21. The number of nitrogens with one attached hydrogen (secondary N) is 2. The van der Waals surface area contributed by atoms with Crippen LogP contribution in [0.3, 0.4) is 0 Å². The van der Waals surface area contributed by atoms with E-state index in [0.29, 0.717) is 25.1 Å². The third kappa shape index (κ3) is 3.44. The van der Waals surface area contributed by atoms with Crippen molar-refractivity contribution in [2.45, 2.75) is 31.8 Å². The number of carbonyl (C=O) groups is 2. The van der Waals surface area contributed by atoms with Crippen molar-refractivity contribution in [2.24, 2.45) is 0 Å². The van der Waals surface area contributed by atoms with Gasteiger partial charge < -0.3 is 20.3 Å². The highest BCUT2D eigenvalue weighted by atomic mass is 16.5. The number of hydrogen-bond donors (Lipinski definition) is 2. The summed E-state index contributed by atoms with van der Waals surface area (Å²) >= 11 is 0. The number of aromatic nitrogens is 1. The van der Waals surface area contributed by atoms with Crippen molar-refractivity contribution in [1.82, 2.24) is 20.5 Å². The van der Waals surface area contributed by atoms with Crippen molar-refractivity contribution in [3.63, 3.8) is 0 Å². The molecular formula is C16H22N4O3. The summed E-state index contributed by atoms with van der Waals surface area (Å²) in [4.78, 5) is 30.0. The number of carbonyl (C=O) groups excluding carboxylic acids is 2. The van der Waals surface area contributed by atoms with Gasteiger partial charge in [-0.3, -0.25) is 9.78 Å². The minimum atomic E-state index is -0.348. The van der Waals surface area contributed by atoms with Crippen molar-refractivity contribution in [1.29, 1.82) is 0 Å². The monoisotopic (exact) mass is 318 g/mol. The first kappa shape index (κ1) is 15.7. The van der Waals surface area contributed by atoms with Crippen LogP contribution >= 0.6 is 0 Å². The van der Waals surface area contributed by atoms with Crippen LogP contribution in [0.25, 0.3) is 0 Å². The summed E-state index contributed by atoms with van der Waals surface area (Å²) in [6, 6.07) is 0.169. The maximum atomic E-state index is 12.6. The van der Waals surface area contributed by atoms with E-state index in [1.165, 1.54) is 7.11 Å². The van der Waals surface area contributed by atoms with E-state index in [0.717, 1.165) is 37.1 Å². The lowest BCUT2D eigenvalue weighted by Crippen LogP contribution is -2.46. The van der Waals surface area contributed by atoms with Gasteiger partial charge in [-0.25, -0.2) is 4.79 Å². The van der Waals surface area contributed by atoms with E-state index in [-0.39, 0.29) is 18.0 Å². The Kier molecular flexibility index (Phi) is 4.76. The van der Waals surface area contributed by atoms with Crippen molar-refractivity contribution >= 4 is 12.0 Å². The number of amides is 2. The average Bonchev–Trinajstić information content (AvgIpc) is 2.60. The second kappa shape index (κ2) is 6.95. The Bertz CT molecular complexity index is 599. The lowest BCUT2D eigenvalue weighted by molar-refractivity contribution is 0.0928. The Morgan fingerprint density at radius 3 is 3.04 bits per heavy atom. The van der Waals surface area contributed by atoms with E-state index < -0.39 is 0 Å². The van der Waals surface area contributed by atoms with Crippen LogP contribution in [-0.2, 0) is 17.7 Å². The van der Waals surface area contributed by atoms with Crippen molar-refractivity contribution in [2.75, 3.05) is 26.7 Å². The molecule has 7 heteroatoms. The Hall–Kier alpha value is -2.15. The van der Waals surface area contributed by atoms with E-state index in [1.54, 1.807) is 17.3 Å². The number of ether oxygens (including phenoxy) is 1. The molecule has 1 aromatic heterocycles. The van der Waals surface area contributed by atoms with E-state index in [2.05, 4.69) is 15.6 Å². The molecule has 2 aliphatic heterocycles. The topological polar surface area (TPSA) is 83.6 Å². The summed E-state index contributed by atoms with van der Waals surface area (Å²) in [6.45, 7) is 2.80. The second-order valence-corrected chi connectivity index (χ2v) is 5.98. The molecule has 0 aliphatic carbocycles. The minimum absolute atomic E-state index is 0.0745. The molecule has 1 aromatic rings. The molecule has 3 rings (SSSR count). The fourth-order valence-corrected chi connectivity index (χ4v) is 3.21. The van der Waals surface area contributed by atoms with Gasteiger partial charge in [0.15, 0.2) is 0 Å². The van der Waals surface area contributed by atoms with Crippen molar-refractivity contribution < 1.29 is 14.3 Å². The molecule has 2 amide bonds. The Morgan fingerprint density at radius 1 is 1.43 bits per heavy atom. The first-order chi connectivity index (χ1) is 11.2. The first-order valence-corrected chi connectivity index (χ1v) is 7.99. The molecule has 2 N–H and O–H groups in total. The molecule has 2 aliphatic rings. The lowest BCUT2D eigenvalue weighted by atomic mass is 9.96. The maximum Gasteiger partial charge on any atom is 0.409 e. The molecule has 0 spiro atoms. The standard InChI is InChI=1S/C16H22N4O3/c1-23-16(22)20-6-4-13-11(10-20)7-18-9-14(13)15(21)19-12-3-2-5-17-8-12/h7,9,12,17H,2-6,8,10H2,1H3,(H,19,21). The highest BCUT2D eigenvalue weighted by Gasteiger charge is 2.26. The van der Waals surface area contributed by atoms with Gasteiger partial charge in [-0.15, -0.1) is 0 Å². The number of rotatable bonds is 2. The summed E-state index contributed by atoms with van der Waals surface area (Å²) in [6.07, 6.45) is 5.71. The number of hydrogen-bond acceptors (Lipinski definition) is 5. The summed E-state index contributed by atoms with van der Waals surface area (Å²) in [5.74, 6) is -0.0745. The molecule has 0 aromatic carbocycles. The molecule has 1 saturated heterocycles. The predicted molar refractivity (Wildman–Crippen MR) is 84.1 cm³/mol. The second-order valence-electron chi connectivity index (χ2n) is 5.98. The normalized spacial score (nSPS) is 20.6. The largest absolute Gasteiger partial charge is 0.453 e. The number of methoxy groups -OCH3 is 1. The van der Waals surface area contributed by atoms with Gasteiger partial charge in [0.1, 0.15) is 0 Å². The quantitative estimate of drug-likeness (QED) is 0.838. The van der Waals surface area contributed by atoms with Crippen LogP contribution in [0.2, 0.25) is 0 Å². The van der Waals surface area contributed by atoms with E-state index in [9.17, 15) is 9.59 Å². The summed E-state index contributed by atoms with van der Waals surface area (Å²) in [7, 11) is 1.37.